The van der Waals surface area contributed by atoms with Crippen molar-refractivity contribution in [1.82, 2.24) is 0 Å². The van der Waals surface area contributed by atoms with E-state index in [1.807, 2.05) is 0 Å². The summed E-state index contributed by atoms with van der Waals surface area (Å²) in [6, 6.07) is 0. The lowest BCUT2D eigenvalue weighted by Gasteiger charge is -2.41. The van der Waals surface area contributed by atoms with Crippen molar-refractivity contribution in [3.05, 3.63) is 0 Å². The molecule has 0 heterocycles. The molecular weight excluding hydrogens is 299 g/mol. The predicted octanol–water partition coefficient (Wildman–Crippen LogP) is 5.77. The molecule has 0 N–H and O–H groups in total. The summed E-state index contributed by atoms with van der Waals surface area (Å²) in [5.41, 5.74) is 1.81. The SMILES string of the molecule is CCC(C)[Si](I)(C(C)CC)C(C)CC. The third-order valence-corrected chi connectivity index (χ3v) is 19.4. The fourth-order valence-corrected chi connectivity index (χ4v) is 11.2. The fourth-order valence-electron chi connectivity index (χ4n) is 2.40. The van der Waals surface area contributed by atoms with Crippen molar-refractivity contribution >= 4 is 27.4 Å². The first kappa shape index (κ1) is 14.9. The molecule has 0 fully saturated rings. The van der Waals surface area contributed by atoms with Crippen LogP contribution >= 0.6 is 21.8 Å². The molecule has 2 heteroatoms. The molecule has 0 saturated carbocycles. The van der Waals surface area contributed by atoms with E-state index in [1.54, 1.807) is 0 Å². The maximum Gasteiger partial charge on any atom is 0.133 e. The molecule has 86 valence electrons. The Morgan fingerprint density at radius 3 is 1.14 bits per heavy atom. The molecule has 0 amide bonds. The highest BCUT2D eigenvalue weighted by Gasteiger charge is 2.43. The minimum Gasteiger partial charge on any atom is -0.118 e. The summed E-state index contributed by atoms with van der Waals surface area (Å²) in [5.74, 6) is 0. The van der Waals surface area contributed by atoms with E-state index >= 15 is 0 Å². The lowest BCUT2D eigenvalue weighted by Crippen LogP contribution is -2.40. The van der Waals surface area contributed by atoms with Crippen LogP contribution in [0.2, 0.25) is 16.6 Å². The van der Waals surface area contributed by atoms with E-state index in [-0.39, 0.29) is 0 Å². The monoisotopic (exact) mass is 326 g/mol. The Balaban J connectivity index is 4.83. The normalized spacial score (nSPS) is 22.5. The van der Waals surface area contributed by atoms with Gasteiger partial charge in [-0.25, -0.2) is 0 Å². The summed E-state index contributed by atoms with van der Waals surface area (Å²) < 4.78 is 0. The van der Waals surface area contributed by atoms with Gasteiger partial charge in [0, 0.05) is 0 Å². The molecule has 3 atom stereocenters. The summed E-state index contributed by atoms with van der Waals surface area (Å²) in [7, 11) is 0. The van der Waals surface area contributed by atoms with Gasteiger partial charge in [0.2, 0.25) is 0 Å². The molecule has 3 unspecified atom stereocenters. The zero-order valence-corrected chi connectivity index (χ0v) is 13.9. The Hall–Kier alpha value is 0.947. The summed E-state index contributed by atoms with van der Waals surface area (Å²) in [6.45, 7) is 14.5. The maximum absolute atomic E-state index is 2.89. The molecule has 0 aromatic carbocycles. The summed E-state index contributed by atoms with van der Waals surface area (Å²) in [6.07, 6.45) is 4.09. The minimum atomic E-state index is -1.09. The number of rotatable bonds is 6. The lowest BCUT2D eigenvalue weighted by molar-refractivity contribution is 0.716. The average Bonchev–Trinajstić information content (AvgIpc) is 2.24. The van der Waals surface area contributed by atoms with E-state index in [0.717, 1.165) is 16.6 Å². The summed E-state index contributed by atoms with van der Waals surface area (Å²) in [5, 5.41) is 0. The van der Waals surface area contributed by atoms with Gasteiger partial charge in [0.15, 0.2) is 0 Å². The van der Waals surface area contributed by atoms with Gasteiger partial charge in [-0.1, -0.05) is 60.8 Å². The van der Waals surface area contributed by atoms with Gasteiger partial charge < -0.3 is 0 Å². The van der Waals surface area contributed by atoms with Crippen molar-refractivity contribution in [2.45, 2.75) is 77.4 Å². The van der Waals surface area contributed by atoms with Crippen molar-refractivity contribution in [2.24, 2.45) is 0 Å². The van der Waals surface area contributed by atoms with Gasteiger partial charge in [0.1, 0.15) is 5.57 Å². The molecule has 0 aromatic heterocycles. The Labute approximate surface area is 104 Å². The number of hydrogen-bond acceptors (Lipinski definition) is 0. The molecule has 0 bridgehead atoms. The number of halogens is 1. The Kier molecular flexibility index (Phi) is 6.95. The van der Waals surface area contributed by atoms with Crippen LogP contribution < -0.4 is 0 Å². The van der Waals surface area contributed by atoms with E-state index in [9.17, 15) is 0 Å². The van der Waals surface area contributed by atoms with E-state index < -0.39 is 5.57 Å². The highest BCUT2D eigenvalue weighted by atomic mass is 127. The fraction of sp³-hybridized carbons (Fsp3) is 1.00. The molecule has 0 spiro atoms. The van der Waals surface area contributed by atoms with Gasteiger partial charge in [-0.3, -0.25) is 0 Å². The Bertz CT molecular complexity index is 132. The third-order valence-electron chi connectivity index (χ3n) is 4.10. The van der Waals surface area contributed by atoms with Crippen LogP contribution in [0.15, 0.2) is 0 Å². The van der Waals surface area contributed by atoms with Gasteiger partial charge in [-0.05, 0) is 16.6 Å². The predicted molar refractivity (Wildman–Crippen MR) is 78.9 cm³/mol. The molecule has 0 aromatic rings. The van der Waals surface area contributed by atoms with Crippen LogP contribution in [-0.4, -0.2) is 5.57 Å². The zero-order chi connectivity index (χ0) is 11.4. The van der Waals surface area contributed by atoms with Crippen molar-refractivity contribution in [1.29, 1.82) is 0 Å². The summed E-state index contributed by atoms with van der Waals surface area (Å²) in [4.78, 5) is 0. The van der Waals surface area contributed by atoms with Crippen LogP contribution in [0.3, 0.4) is 0 Å². The van der Waals surface area contributed by atoms with Crippen LogP contribution in [0.1, 0.15) is 60.8 Å². The standard InChI is InChI=1S/C12H27ISi/c1-7-10(4)14(13,11(5)8-2)12(6)9-3/h10-12H,7-9H2,1-6H3. The van der Waals surface area contributed by atoms with Crippen LogP contribution in [0.4, 0.5) is 0 Å². The van der Waals surface area contributed by atoms with Gasteiger partial charge in [0.05, 0.1) is 0 Å². The first-order valence-electron chi connectivity index (χ1n) is 6.13. The molecule has 0 radical (unpaired) electrons. The first-order chi connectivity index (χ1) is 6.44. The molecule has 14 heavy (non-hydrogen) atoms. The largest absolute Gasteiger partial charge is 0.133 e. The second-order valence-electron chi connectivity index (χ2n) is 4.76. The highest BCUT2D eigenvalue weighted by molar-refractivity contribution is 14.1. The topological polar surface area (TPSA) is 0 Å². The van der Waals surface area contributed by atoms with Gasteiger partial charge in [-0.2, -0.15) is 0 Å². The second kappa shape index (κ2) is 6.51. The van der Waals surface area contributed by atoms with Crippen molar-refractivity contribution < 1.29 is 0 Å². The van der Waals surface area contributed by atoms with E-state index in [4.69, 9.17) is 0 Å². The molecule has 0 aliphatic heterocycles. The van der Waals surface area contributed by atoms with Crippen molar-refractivity contribution in [2.75, 3.05) is 0 Å². The smallest absolute Gasteiger partial charge is 0.118 e. The average molecular weight is 326 g/mol. The van der Waals surface area contributed by atoms with Gasteiger partial charge in [-0.15, -0.1) is 21.8 Å². The maximum atomic E-state index is 2.89. The van der Waals surface area contributed by atoms with E-state index in [2.05, 4.69) is 63.3 Å². The zero-order valence-electron chi connectivity index (χ0n) is 10.7. The van der Waals surface area contributed by atoms with Crippen LogP contribution in [0.25, 0.3) is 0 Å². The lowest BCUT2D eigenvalue weighted by atomic mass is 10.3. The second-order valence-corrected chi connectivity index (χ2v) is 15.0. The third kappa shape index (κ3) is 2.97. The van der Waals surface area contributed by atoms with Gasteiger partial charge >= 0.3 is 0 Å². The van der Waals surface area contributed by atoms with Crippen LogP contribution in [0, 0.1) is 0 Å². The Morgan fingerprint density at radius 1 is 0.786 bits per heavy atom. The van der Waals surface area contributed by atoms with Crippen molar-refractivity contribution in [3.63, 3.8) is 0 Å². The molecule has 0 rings (SSSR count). The highest BCUT2D eigenvalue weighted by Crippen LogP contribution is 2.50. The molecule has 0 aliphatic rings. The molecule has 0 nitrogen and oxygen atoms in total. The molecular formula is C12H27ISi. The van der Waals surface area contributed by atoms with E-state index in [1.165, 1.54) is 19.3 Å². The van der Waals surface area contributed by atoms with Crippen LogP contribution in [0.5, 0.6) is 0 Å². The quantitative estimate of drug-likeness (QED) is 0.330. The first-order valence-corrected chi connectivity index (χ1v) is 11.5. The number of hydrogen-bond donors (Lipinski definition) is 0. The van der Waals surface area contributed by atoms with Crippen molar-refractivity contribution in [3.8, 4) is 0 Å². The molecule has 0 saturated heterocycles. The summed E-state index contributed by atoms with van der Waals surface area (Å²) >= 11 is 2.89. The van der Waals surface area contributed by atoms with E-state index in [0.29, 0.717) is 0 Å². The minimum absolute atomic E-state index is 0.966. The molecule has 0 aliphatic carbocycles. The van der Waals surface area contributed by atoms with Gasteiger partial charge in [0.25, 0.3) is 0 Å². The van der Waals surface area contributed by atoms with Crippen LogP contribution in [-0.2, 0) is 0 Å². The Morgan fingerprint density at radius 2 is 1.00 bits per heavy atom.